The molecule has 0 radical (unpaired) electrons. The van der Waals surface area contributed by atoms with Crippen LogP contribution in [0.3, 0.4) is 0 Å². The predicted molar refractivity (Wildman–Crippen MR) is 128 cm³/mol. The van der Waals surface area contributed by atoms with E-state index in [2.05, 4.69) is 34.9 Å². The Morgan fingerprint density at radius 1 is 1.06 bits per heavy atom. The fourth-order valence-electron chi connectivity index (χ4n) is 5.10. The first-order valence-electron chi connectivity index (χ1n) is 12.0. The van der Waals surface area contributed by atoms with Gasteiger partial charge in [-0.15, -0.1) is 0 Å². The van der Waals surface area contributed by atoms with Gasteiger partial charge in [-0.25, -0.2) is 4.79 Å². The Bertz CT molecular complexity index is 1020. The largest absolute Gasteiger partial charge is 0.481 e. The van der Waals surface area contributed by atoms with Crippen LogP contribution in [-0.2, 0) is 14.3 Å². The van der Waals surface area contributed by atoms with Crippen LogP contribution in [0.1, 0.15) is 62.5 Å². The third-order valence-electron chi connectivity index (χ3n) is 7.10. The smallest absolute Gasteiger partial charge is 0.407 e. The number of amides is 2. The molecule has 1 atom stereocenters. The summed E-state index contributed by atoms with van der Waals surface area (Å²) in [5.41, 5.74) is 3.93. The summed E-state index contributed by atoms with van der Waals surface area (Å²) in [6.07, 6.45) is 2.96. The molecule has 0 bridgehead atoms. The average Bonchev–Trinajstić information content (AvgIpc) is 3.10. The Morgan fingerprint density at radius 2 is 1.68 bits per heavy atom. The Kier molecular flexibility index (Phi) is 7.20. The summed E-state index contributed by atoms with van der Waals surface area (Å²) in [4.78, 5) is 36.7. The first-order chi connectivity index (χ1) is 16.4. The first-order valence-corrected chi connectivity index (χ1v) is 12.0. The van der Waals surface area contributed by atoms with Gasteiger partial charge in [-0.05, 0) is 41.5 Å². The topological polar surface area (TPSA) is 105 Å². The maximum atomic E-state index is 13.0. The molecule has 0 aliphatic heterocycles. The molecule has 2 aliphatic carbocycles. The molecule has 0 saturated heterocycles. The van der Waals surface area contributed by atoms with Crippen LogP contribution >= 0.6 is 0 Å². The van der Waals surface area contributed by atoms with Crippen LogP contribution in [0.4, 0.5) is 4.79 Å². The summed E-state index contributed by atoms with van der Waals surface area (Å²) in [5, 5.41) is 14.8. The number of hydrogen-bond acceptors (Lipinski definition) is 4. The second kappa shape index (κ2) is 10.3. The quantitative estimate of drug-likeness (QED) is 0.482. The van der Waals surface area contributed by atoms with Crippen LogP contribution in [0.15, 0.2) is 48.5 Å². The number of hydrogen-bond donors (Lipinski definition) is 3. The molecule has 0 spiro atoms. The van der Waals surface area contributed by atoms with Crippen LogP contribution in [0.5, 0.6) is 0 Å². The molecule has 2 aromatic rings. The van der Waals surface area contributed by atoms with E-state index in [4.69, 9.17) is 9.84 Å². The van der Waals surface area contributed by atoms with Crippen molar-refractivity contribution in [2.24, 2.45) is 5.41 Å². The van der Waals surface area contributed by atoms with Crippen LogP contribution < -0.4 is 10.6 Å². The van der Waals surface area contributed by atoms with E-state index in [0.29, 0.717) is 19.3 Å². The Labute approximate surface area is 199 Å². The molecule has 0 aromatic heterocycles. The molecular formula is C27H32N2O5. The van der Waals surface area contributed by atoms with E-state index in [1.54, 1.807) is 0 Å². The van der Waals surface area contributed by atoms with E-state index in [1.807, 2.05) is 31.2 Å². The second-order valence-corrected chi connectivity index (χ2v) is 9.37. The van der Waals surface area contributed by atoms with Crippen LogP contribution in [-0.4, -0.2) is 42.3 Å². The minimum atomic E-state index is -0.932. The van der Waals surface area contributed by atoms with Crippen molar-refractivity contribution in [3.8, 4) is 11.1 Å². The minimum absolute atomic E-state index is 0.0232. The van der Waals surface area contributed by atoms with E-state index in [0.717, 1.165) is 24.0 Å². The van der Waals surface area contributed by atoms with Crippen molar-refractivity contribution in [2.75, 3.05) is 13.2 Å². The van der Waals surface area contributed by atoms with Crippen molar-refractivity contribution in [1.29, 1.82) is 0 Å². The molecule has 0 heterocycles. The second-order valence-electron chi connectivity index (χ2n) is 9.37. The fourth-order valence-corrected chi connectivity index (χ4v) is 5.10. The lowest BCUT2D eigenvalue weighted by atomic mass is 9.68. The number of ether oxygens (including phenoxy) is 1. The Balaban J connectivity index is 1.34. The fraction of sp³-hybridized carbons (Fsp3) is 0.444. The molecule has 1 saturated carbocycles. The highest BCUT2D eigenvalue weighted by Gasteiger charge is 2.45. The van der Waals surface area contributed by atoms with Gasteiger partial charge in [0.05, 0.1) is 11.8 Å². The number of carbonyl (C=O) groups excluding carboxylic acids is 2. The number of fused-ring (bicyclic) bond motifs is 3. The van der Waals surface area contributed by atoms with Gasteiger partial charge >= 0.3 is 12.1 Å². The van der Waals surface area contributed by atoms with E-state index in [1.165, 1.54) is 11.1 Å². The van der Waals surface area contributed by atoms with Crippen molar-refractivity contribution in [1.82, 2.24) is 10.6 Å². The van der Waals surface area contributed by atoms with Gasteiger partial charge in [0.15, 0.2) is 0 Å². The number of carboxylic acids is 1. The average molecular weight is 465 g/mol. The highest BCUT2D eigenvalue weighted by molar-refractivity contribution is 5.85. The molecule has 2 amide bonds. The molecule has 7 nitrogen and oxygen atoms in total. The summed E-state index contributed by atoms with van der Waals surface area (Å²) < 4.78 is 5.60. The summed E-state index contributed by atoms with van der Waals surface area (Å²) >= 11 is 0. The monoisotopic (exact) mass is 464 g/mol. The standard InChI is InChI=1S/C27H32N2O5/c1-2-8-18(15-24(30)31)29-25(32)27(13-7-14-27)17-28-26(33)34-16-23-21-11-5-3-9-19(21)20-10-4-6-12-22(20)23/h3-6,9-12,18,23H,2,7-8,13-17H2,1H3,(H,28,33)(H,29,32)(H,30,31)/t18-/m0/s1. The molecular weight excluding hydrogens is 432 g/mol. The van der Waals surface area contributed by atoms with Crippen LogP contribution in [0.25, 0.3) is 11.1 Å². The lowest BCUT2D eigenvalue weighted by Gasteiger charge is -2.41. The molecule has 1 fully saturated rings. The van der Waals surface area contributed by atoms with Crippen LogP contribution in [0.2, 0.25) is 0 Å². The Hall–Kier alpha value is -3.35. The van der Waals surface area contributed by atoms with Gasteiger partial charge in [0.1, 0.15) is 6.61 Å². The zero-order valence-electron chi connectivity index (χ0n) is 19.5. The molecule has 180 valence electrons. The highest BCUT2D eigenvalue weighted by atomic mass is 16.5. The lowest BCUT2D eigenvalue weighted by molar-refractivity contribution is -0.139. The molecule has 34 heavy (non-hydrogen) atoms. The van der Waals surface area contributed by atoms with Gasteiger partial charge in [-0.2, -0.15) is 0 Å². The normalized spacial score (nSPS) is 16.5. The molecule has 3 N–H and O–H groups in total. The number of carboxylic acid groups (broad SMARTS) is 1. The predicted octanol–water partition coefficient (Wildman–Crippen LogP) is 4.46. The molecule has 7 heteroatoms. The van der Waals surface area contributed by atoms with Gasteiger partial charge in [0, 0.05) is 18.5 Å². The minimum Gasteiger partial charge on any atom is -0.481 e. The van der Waals surface area contributed by atoms with Gasteiger partial charge < -0.3 is 20.5 Å². The van der Waals surface area contributed by atoms with Gasteiger partial charge in [0.2, 0.25) is 5.91 Å². The number of benzene rings is 2. The van der Waals surface area contributed by atoms with E-state index < -0.39 is 23.5 Å². The maximum absolute atomic E-state index is 13.0. The summed E-state index contributed by atoms with van der Waals surface area (Å²) in [5.74, 6) is -1.14. The van der Waals surface area contributed by atoms with Crippen molar-refractivity contribution >= 4 is 18.0 Å². The SMILES string of the molecule is CCC[C@@H](CC(=O)O)NC(=O)C1(CNC(=O)OCC2c3ccccc3-c3ccccc32)CCC1. The van der Waals surface area contributed by atoms with Crippen LogP contribution in [0, 0.1) is 5.41 Å². The van der Waals surface area contributed by atoms with Crippen molar-refractivity contribution in [3.63, 3.8) is 0 Å². The zero-order valence-corrected chi connectivity index (χ0v) is 19.5. The van der Waals surface area contributed by atoms with Gasteiger partial charge in [-0.3, -0.25) is 9.59 Å². The van der Waals surface area contributed by atoms with Gasteiger partial charge in [-0.1, -0.05) is 68.3 Å². The Morgan fingerprint density at radius 3 is 2.21 bits per heavy atom. The van der Waals surface area contributed by atoms with Crippen molar-refractivity contribution in [3.05, 3.63) is 59.7 Å². The van der Waals surface area contributed by atoms with Crippen molar-refractivity contribution < 1.29 is 24.2 Å². The summed E-state index contributed by atoms with van der Waals surface area (Å²) in [6.45, 7) is 2.36. The van der Waals surface area contributed by atoms with E-state index >= 15 is 0 Å². The first kappa shape index (κ1) is 23.8. The van der Waals surface area contributed by atoms with Crippen molar-refractivity contribution in [2.45, 2.75) is 57.4 Å². The third-order valence-corrected chi connectivity index (χ3v) is 7.10. The number of alkyl carbamates (subject to hydrolysis) is 1. The number of aliphatic carboxylic acids is 1. The van der Waals surface area contributed by atoms with E-state index in [9.17, 15) is 14.4 Å². The zero-order chi connectivity index (χ0) is 24.1. The van der Waals surface area contributed by atoms with Gasteiger partial charge in [0.25, 0.3) is 0 Å². The summed E-state index contributed by atoms with van der Waals surface area (Å²) in [7, 11) is 0. The molecule has 0 unspecified atom stereocenters. The number of rotatable bonds is 10. The molecule has 2 aliphatic rings. The maximum Gasteiger partial charge on any atom is 0.407 e. The number of nitrogens with one attached hydrogen (secondary N) is 2. The lowest BCUT2D eigenvalue weighted by Crippen LogP contribution is -2.54. The molecule has 2 aromatic carbocycles. The third kappa shape index (κ3) is 4.93. The van der Waals surface area contributed by atoms with E-state index in [-0.39, 0.29) is 31.4 Å². The number of carbonyl (C=O) groups is 3. The molecule has 4 rings (SSSR count). The highest BCUT2D eigenvalue weighted by Crippen LogP contribution is 2.44. The summed E-state index contributed by atoms with van der Waals surface area (Å²) in [6, 6.07) is 15.9.